The molecule has 1 aromatic carbocycles. The lowest BCUT2D eigenvalue weighted by Crippen LogP contribution is -2.45. The zero-order valence-electron chi connectivity index (χ0n) is 11.5. The summed E-state index contributed by atoms with van der Waals surface area (Å²) in [5.74, 6) is 0. The number of hydrogen-bond donors (Lipinski definition) is 1. The van der Waals surface area contributed by atoms with Gasteiger partial charge in [-0.25, -0.2) is 8.42 Å². The van der Waals surface area contributed by atoms with Crippen molar-refractivity contribution in [3.8, 4) is 0 Å². The molecule has 0 aromatic heterocycles. The van der Waals surface area contributed by atoms with Crippen LogP contribution < -0.4 is 5.32 Å². The predicted molar refractivity (Wildman–Crippen MR) is 81.1 cm³/mol. The van der Waals surface area contributed by atoms with Crippen LogP contribution in [0.25, 0.3) is 6.08 Å². The van der Waals surface area contributed by atoms with Gasteiger partial charge in [-0.3, -0.25) is 0 Å². The second-order valence-electron chi connectivity index (χ2n) is 4.62. The zero-order valence-corrected chi connectivity index (χ0v) is 13.1. The fourth-order valence-electron chi connectivity index (χ4n) is 1.93. The lowest BCUT2D eigenvalue weighted by Gasteiger charge is -2.25. The first kappa shape index (κ1) is 19.0. The number of rotatable bonds is 3. The van der Waals surface area contributed by atoms with E-state index in [1.54, 1.807) is 0 Å². The van der Waals surface area contributed by atoms with Crippen molar-refractivity contribution >= 4 is 28.5 Å². The number of nitrogens with zero attached hydrogens (tertiary/aromatic N) is 1. The third kappa shape index (κ3) is 4.98. The zero-order chi connectivity index (χ0) is 15.5. The van der Waals surface area contributed by atoms with E-state index >= 15 is 0 Å². The Kier molecular flexibility index (Phi) is 6.42. The van der Waals surface area contributed by atoms with Crippen LogP contribution in [0.2, 0.25) is 0 Å². The molecule has 0 bridgehead atoms. The molecule has 2 rings (SSSR count). The van der Waals surface area contributed by atoms with Crippen LogP contribution in [0.15, 0.2) is 29.7 Å². The second-order valence-corrected chi connectivity index (χ2v) is 6.44. The first-order valence-electron chi connectivity index (χ1n) is 6.35. The normalized spacial score (nSPS) is 17.4. The van der Waals surface area contributed by atoms with Crippen molar-refractivity contribution in [1.29, 1.82) is 0 Å². The maximum Gasteiger partial charge on any atom is 0.416 e. The molecule has 0 atom stereocenters. The Bertz CT molecular complexity index is 609. The number of nitrogens with one attached hydrogen (secondary N) is 1. The molecule has 1 fully saturated rings. The van der Waals surface area contributed by atoms with E-state index in [0.29, 0.717) is 31.7 Å². The van der Waals surface area contributed by atoms with Crippen LogP contribution in [0.3, 0.4) is 0 Å². The lowest BCUT2D eigenvalue weighted by molar-refractivity contribution is -0.137. The molecular weight excluding hydrogens is 341 g/mol. The summed E-state index contributed by atoms with van der Waals surface area (Å²) in [6.07, 6.45) is -3.09. The second kappa shape index (κ2) is 7.45. The molecule has 4 nitrogen and oxygen atoms in total. The average molecular weight is 357 g/mol. The van der Waals surface area contributed by atoms with E-state index in [0.717, 1.165) is 17.5 Å². The summed E-state index contributed by atoms with van der Waals surface area (Å²) < 4.78 is 62.6. The van der Waals surface area contributed by atoms with Gasteiger partial charge in [0, 0.05) is 31.6 Å². The van der Waals surface area contributed by atoms with Gasteiger partial charge in [0.2, 0.25) is 10.0 Å². The average Bonchev–Trinajstić information content (AvgIpc) is 2.46. The predicted octanol–water partition coefficient (Wildman–Crippen LogP) is 2.33. The van der Waals surface area contributed by atoms with Crippen molar-refractivity contribution in [3.05, 3.63) is 40.8 Å². The van der Waals surface area contributed by atoms with Crippen LogP contribution in [0.5, 0.6) is 0 Å². The molecule has 0 amide bonds. The van der Waals surface area contributed by atoms with E-state index in [1.165, 1.54) is 22.5 Å². The van der Waals surface area contributed by atoms with Gasteiger partial charge >= 0.3 is 6.18 Å². The minimum atomic E-state index is -4.39. The molecule has 1 saturated heterocycles. The molecule has 0 radical (unpaired) electrons. The van der Waals surface area contributed by atoms with E-state index in [4.69, 9.17) is 0 Å². The molecule has 9 heteroatoms. The minimum absolute atomic E-state index is 0. The van der Waals surface area contributed by atoms with Crippen molar-refractivity contribution < 1.29 is 21.6 Å². The van der Waals surface area contributed by atoms with Crippen LogP contribution in [0.4, 0.5) is 13.2 Å². The Labute approximate surface area is 133 Å². The highest BCUT2D eigenvalue weighted by Gasteiger charge is 2.29. The number of benzene rings is 1. The molecule has 1 aliphatic heterocycles. The van der Waals surface area contributed by atoms with Crippen molar-refractivity contribution in [3.63, 3.8) is 0 Å². The van der Waals surface area contributed by atoms with Gasteiger partial charge in [0.15, 0.2) is 0 Å². The Balaban J connectivity index is 0.00000242. The highest BCUT2D eigenvalue weighted by molar-refractivity contribution is 7.92. The molecule has 124 valence electrons. The van der Waals surface area contributed by atoms with Crippen molar-refractivity contribution in [1.82, 2.24) is 9.62 Å². The standard InChI is InChI=1S/C13H15F3N2O2S.ClH/c14-13(15,16)12-3-1-11(2-4-12)5-10-21(19,20)18-8-6-17-7-9-18;/h1-5,10,17H,6-9H2;1H/b10-5+;. The Hall–Kier alpha value is -1.09. The SMILES string of the molecule is Cl.O=S(=O)(/C=C/c1ccc(C(F)(F)F)cc1)N1CCNCC1. The summed E-state index contributed by atoms with van der Waals surface area (Å²) in [6, 6.07) is 4.34. The highest BCUT2D eigenvalue weighted by atomic mass is 35.5. The van der Waals surface area contributed by atoms with Gasteiger partial charge in [-0.1, -0.05) is 12.1 Å². The number of hydrogen-bond acceptors (Lipinski definition) is 3. The Morgan fingerprint density at radius 1 is 1.09 bits per heavy atom. The summed E-state index contributed by atoms with van der Waals surface area (Å²) in [5.41, 5.74) is -0.355. The first-order chi connectivity index (χ1) is 9.79. The summed E-state index contributed by atoms with van der Waals surface area (Å²) in [4.78, 5) is 0. The molecule has 1 heterocycles. The molecular formula is C13H16ClF3N2O2S. The van der Waals surface area contributed by atoms with Gasteiger partial charge in [-0.05, 0) is 23.8 Å². The van der Waals surface area contributed by atoms with Gasteiger partial charge in [-0.15, -0.1) is 12.4 Å². The first-order valence-corrected chi connectivity index (χ1v) is 7.85. The van der Waals surface area contributed by atoms with Crippen LogP contribution >= 0.6 is 12.4 Å². The minimum Gasteiger partial charge on any atom is -0.314 e. The Morgan fingerprint density at radius 3 is 2.14 bits per heavy atom. The fraction of sp³-hybridized carbons (Fsp3) is 0.385. The van der Waals surface area contributed by atoms with Gasteiger partial charge in [0.05, 0.1) is 5.56 Å². The van der Waals surface area contributed by atoms with Crippen molar-refractivity contribution in [2.75, 3.05) is 26.2 Å². The molecule has 0 spiro atoms. The lowest BCUT2D eigenvalue weighted by atomic mass is 10.1. The highest BCUT2D eigenvalue weighted by Crippen LogP contribution is 2.29. The topological polar surface area (TPSA) is 49.4 Å². The third-order valence-electron chi connectivity index (χ3n) is 3.11. The summed E-state index contributed by atoms with van der Waals surface area (Å²) >= 11 is 0. The summed E-state index contributed by atoms with van der Waals surface area (Å²) in [7, 11) is -3.53. The van der Waals surface area contributed by atoms with E-state index in [-0.39, 0.29) is 12.4 Å². The maximum atomic E-state index is 12.4. The molecule has 0 saturated carbocycles. The number of sulfonamides is 1. The van der Waals surface area contributed by atoms with Gasteiger partial charge in [0.1, 0.15) is 0 Å². The molecule has 1 aromatic rings. The van der Waals surface area contributed by atoms with Crippen molar-refractivity contribution in [2.45, 2.75) is 6.18 Å². The van der Waals surface area contributed by atoms with Crippen LogP contribution in [-0.4, -0.2) is 38.9 Å². The molecule has 1 N–H and O–H groups in total. The molecule has 0 aliphatic carbocycles. The van der Waals surface area contributed by atoms with Gasteiger partial charge in [0.25, 0.3) is 0 Å². The van der Waals surface area contributed by atoms with Gasteiger partial charge < -0.3 is 5.32 Å². The van der Waals surface area contributed by atoms with Crippen LogP contribution in [-0.2, 0) is 16.2 Å². The third-order valence-corrected chi connectivity index (χ3v) is 4.67. The van der Waals surface area contributed by atoms with E-state index in [2.05, 4.69) is 5.32 Å². The van der Waals surface area contributed by atoms with Crippen LogP contribution in [0, 0.1) is 0 Å². The number of piperazine rings is 1. The van der Waals surface area contributed by atoms with Crippen molar-refractivity contribution in [2.24, 2.45) is 0 Å². The summed E-state index contributed by atoms with van der Waals surface area (Å²) in [5, 5.41) is 4.07. The van der Waals surface area contributed by atoms with E-state index in [9.17, 15) is 21.6 Å². The fourth-order valence-corrected chi connectivity index (χ4v) is 3.13. The molecule has 1 aliphatic rings. The smallest absolute Gasteiger partial charge is 0.314 e. The molecule has 22 heavy (non-hydrogen) atoms. The number of halogens is 4. The summed E-state index contributed by atoms with van der Waals surface area (Å²) in [6.45, 7) is 1.96. The van der Waals surface area contributed by atoms with Crippen LogP contribution in [0.1, 0.15) is 11.1 Å². The number of alkyl halides is 3. The quantitative estimate of drug-likeness (QED) is 0.904. The van der Waals surface area contributed by atoms with E-state index < -0.39 is 21.8 Å². The largest absolute Gasteiger partial charge is 0.416 e. The monoisotopic (exact) mass is 356 g/mol. The molecule has 0 unspecified atom stereocenters. The van der Waals surface area contributed by atoms with Gasteiger partial charge in [-0.2, -0.15) is 17.5 Å². The Morgan fingerprint density at radius 2 is 1.64 bits per heavy atom. The van der Waals surface area contributed by atoms with E-state index in [1.807, 2.05) is 0 Å². The maximum absolute atomic E-state index is 12.4.